The molecule has 0 radical (unpaired) electrons. The Morgan fingerprint density at radius 1 is 1.04 bits per heavy atom. The molecule has 6 heteroatoms. The summed E-state index contributed by atoms with van der Waals surface area (Å²) >= 11 is 0. The topological polar surface area (TPSA) is 82.5 Å². The van der Waals surface area contributed by atoms with E-state index < -0.39 is 11.6 Å². The third kappa shape index (κ3) is 3.01. The fourth-order valence-electron chi connectivity index (χ4n) is 2.84. The van der Waals surface area contributed by atoms with Gasteiger partial charge in [-0.15, -0.1) is 0 Å². The second-order valence-electron chi connectivity index (χ2n) is 6.08. The van der Waals surface area contributed by atoms with Crippen LogP contribution >= 0.6 is 0 Å². The van der Waals surface area contributed by atoms with Crippen LogP contribution in [0.25, 0.3) is 22.5 Å². The molecular formula is C21H15NO5. The SMILES string of the molecule is Cc1c(-c2cc3ccccc3o2)oc(=O)c(C)c1OC(=O)c1cccnc1. The highest BCUT2D eigenvalue weighted by atomic mass is 16.5. The molecule has 4 aromatic rings. The van der Waals surface area contributed by atoms with Crippen molar-refractivity contribution in [1.82, 2.24) is 4.98 Å². The van der Waals surface area contributed by atoms with Crippen LogP contribution in [-0.4, -0.2) is 11.0 Å². The number of rotatable bonds is 3. The van der Waals surface area contributed by atoms with Gasteiger partial charge in [-0.1, -0.05) is 18.2 Å². The van der Waals surface area contributed by atoms with Gasteiger partial charge < -0.3 is 13.6 Å². The Bertz CT molecular complexity index is 1170. The second kappa shape index (κ2) is 6.57. The monoisotopic (exact) mass is 361 g/mol. The summed E-state index contributed by atoms with van der Waals surface area (Å²) in [4.78, 5) is 28.6. The van der Waals surface area contributed by atoms with Crippen LogP contribution in [0, 0.1) is 13.8 Å². The normalized spacial score (nSPS) is 10.9. The zero-order valence-electron chi connectivity index (χ0n) is 14.7. The lowest BCUT2D eigenvalue weighted by atomic mass is 10.1. The number of hydrogen-bond acceptors (Lipinski definition) is 6. The molecule has 0 saturated carbocycles. The molecular weight excluding hydrogens is 346 g/mol. The van der Waals surface area contributed by atoms with E-state index in [-0.39, 0.29) is 22.6 Å². The molecule has 27 heavy (non-hydrogen) atoms. The van der Waals surface area contributed by atoms with Crippen molar-refractivity contribution in [3.8, 4) is 17.3 Å². The molecule has 0 atom stereocenters. The molecule has 3 aromatic heterocycles. The molecule has 0 aliphatic carbocycles. The minimum atomic E-state index is -0.601. The summed E-state index contributed by atoms with van der Waals surface area (Å²) in [6.45, 7) is 3.26. The maximum atomic E-state index is 12.4. The number of furan rings is 1. The molecule has 0 unspecified atom stereocenters. The highest BCUT2D eigenvalue weighted by molar-refractivity contribution is 5.91. The molecule has 0 bridgehead atoms. The first-order valence-corrected chi connectivity index (χ1v) is 8.30. The van der Waals surface area contributed by atoms with Crippen molar-refractivity contribution in [3.63, 3.8) is 0 Å². The molecule has 0 N–H and O–H groups in total. The summed E-state index contributed by atoms with van der Waals surface area (Å²) < 4.78 is 16.7. The lowest BCUT2D eigenvalue weighted by molar-refractivity contribution is 0.0730. The first kappa shape index (κ1) is 16.8. The number of benzene rings is 1. The fourth-order valence-corrected chi connectivity index (χ4v) is 2.84. The summed E-state index contributed by atoms with van der Waals surface area (Å²) in [6.07, 6.45) is 2.96. The van der Waals surface area contributed by atoms with Crippen LogP contribution < -0.4 is 10.4 Å². The van der Waals surface area contributed by atoms with Crippen LogP contribution in [0.5, 0.6) is 5.75 Å². The van der Waals surface area contributed by atoms with E-state index in [1.54, 1.807) is 38.2 Å². The molecule has 0 fully saturated rings. The lowest BCUT2D eigenvalue weighted by Crippen LogP contribution is -2.15. The molecule has 0 saturated heterocycles. The van der Waals surface area contributed by atoms with Gasteiger partial charge in [-0.2, -0.15) is 0 Å². The largest absolute Gasteiger partial charge is 0.453 e. The molecule has 0 aliphatic heterocycles. The highest BCUT2D eigenvalue weighted by Crippen LogP contribution is 2.34. The number of carbonyl (C=O) groups is 1. The average Bonchev–Trinajstić information content (AvgIpc) is 3.12. The summed E-state index contributed by atoms with van der Waals surface area (Å²) in [5, 5.41) is 0.879. The highest BCUT2D eigenvalue weighted by Gasteiger charge is 2.22. The summed E-state index contributed by atoms with van der Waals surface area (Å²) in [6, 6.07) is 12.5. The van der Waals surface area contributed by atoms with Crippen molar-refractivity contribution in [2.24, 2.45) is 0 Å². The van der Waals surface area contributed by atoms with Crippen LogP contribution in [0.4, 0.5) is 0 Å². The van der Waals surface area contributed by atoms with E-state index in [1.165, 1.54) is 6.20 Å². The van der Waals surface area contributed by atoms with Crippen molar-refractivity contribution in [1.29, 1.82) is 0 Å². The number of para-hydroxylation sites is 1. The van der Waals surface area contributed by atoms with Gasteiger partial charge in [0.2, 0.25) is 0 Å². The van der Waals surface area contributed by atoms with Crippen LogP contribution in [0.15, 0.2) is 68.5 Å². The summed E-state index contributed by atoms with van der Waals surface area (Å²) in [7, 11) is 0. The van der Waals surface area contributed by atoms with Gasteiger partial charge in [0.1, 0.15) is 11.3 Å². The Kier molecular flexibility index (Phi) is 4.08. The molecule has 3 heterocycles. The van der Waals surface area contributed by atoms with E-state index in [0.29, 0.717) is 16.9 Å². The van der Waals surface area contributed by atoms with Gasteiger partial charge in [-0.3, -0.25) is 4.98 Å². The molecule has 0 aliphatic rings. The molecule has 4 rings (SSSR count). The van der Waals surface area contributed by atoms with Crippen LogP contribution in [0.3, 0.4) is 0 Å². The number of carbonyl (C=O) groups excluding carboxylic acids is 1. The molecule has 0 amide bonds. The van der Waals surface area contributed by atoms with Crippen molar-refractivity contribution < 1.29 is 18.4 Å². The molecule has 1 aromatic carbocycles. The third-order valence-corrected chi connectivity index (χ3v) is 4.26. The maximum absolute atomic E-state index is 12.4. The molecule has 134 valence electrons. The fraction of sp³-hybridized carbons (Fsp3) is 0.0952. The summed E-state index contributed by atoms with van der Waals surface area (Å²) in [5.74, 6) is 0.186. The van der Waals surface area contributed by atoms with Gasteiger partial charge >= 0.3 is 11.6 Å². The van der Waals surface area contributed by atoms with Gasteiger partial charge in [0.05, 0.1) is 11.1 Å². The van der Waals surface area contributed by atoms with Gasteiger partial charge in [0.25, 0.3) is 0 Å². The van der Waals surface area contributed by atoms with Crippen molar-refractivity contribution in [2.45, 2.75) is 13.8 Å². The Labute approximate surface area is 154 Å². The van der Waals surface area contributed by atoms with E-state index in [4.69, 9.17) is 13.6 Å². The second-order valence-corrected chi connectivity index (χ2v) is 6.08. The minimum absolute atomic E-state index is 0.163. The van der Waals surface area contributed by atoms with Crippen LogP contribution in [0.2, 0.25) is 0 Å². The number of pyridine rings is 1. The average molecular weight is 361 g/mol. The Morgan fingerprint density at radius 2 is 1.85 bits per heavy atom. The minimum Gasteiger partial charge on any atom is -0.453 e. The van der Waals surface area contributed by atoms with E-state index in [0.717, 1.165) is 5.39 Å². The third-order valence-electron chi connectivity index (χ3n) is 4.26. The Hall–Kier alpha value is -3.67. The smallest absolute Gasteiger partial charge is 0.345 e. The van der Waals surface area contributed by atoms with E-state index >= 15 is 0 Å². The number of nitrogens with zero attached hydrogens (tertiary/aromatic N) is 1. The first-order chi connectivity index (χ1) is 13.0. The zero-order valence-corrected chi connectivity index (χ0v) is 14.7. The predicted octanol–water partition coefficient (Wildman–Crippen LogP) is 4.28. The Balaban J connectivity index is 1.81. The Morgan fingerprint density at radius 3 is 2.59 bits per heavy atom. The molecule has 0 spiro atoms. The standard InChI is InChI=1S/C21H15NO5/c1-12-18(26-21(24)15-7-5-9-22-11-15)13(2)20(23)27-19(12)17-10-14-6-3-4-8-16(14)25-17/h3-11H,1-2H3. The first-order valence-electron chi connectivity index (χ1n) is 8.30. The van der Waals surface area contributed by atoms with E-state index in [9.17, 15) is 9.59 Å². The zero-order chi connectivity index (χ0) is 19.0. The van der Waals surface area contributed by atoms with Gasteiger partial charge in [-0.25, -0.2) is 9.59 Å². The quantitative estimate of drug-likeness (QED) is 0.506. The predicted molar refractivity (Wildman–Crippen MR) is 98.9 cm³/mol. The van der Waals surface area contributed by atoms with Crippen LogP contribution in [0.1, 0.15) is 21.5 Å². The molecule has 6 nitrogen and oxygen atoms in total. The van der Waals surface area contributed by atoms with E-state index in [2.05, 4.69) is 4.98 Å². The van der Waals surface area contributed by atoms with Crippen molar-refractivity contribution in [3.05, 3.63) is 82.0 Å². The summed E-state index contributed by atoms with van der Waals surface area (Å²) in [5.41, 5.74) is 1.08. The number of esters is 1. The van der Waals surface area contributed by atoms with Crippen molar-refractivity contribution in [2.75, 3.05) is 0 Å². The van der Waals surface area contributed by atoms with Crippen LogP contribution in [-0.2, 0) is 0 Å². The number of hydrogen-bond donors (Lipinski definition) is 0. The number of aromatic nitrogens is 1. The van der Waals surface area contributed by atoms with Gasteiger partial charge in [0.15, 0.2) is 11.5 Å². The van der Waals surface area contributed by atoms with E-state index in [1.807, 2.05) is 24.3 Å². The van der Waals surface area contributed by atoms with Gasteiger partial charge in [-0.05, 0) is 38.1 Å². The van der Waals surface area contributed by atoms with Gasteiger partial charge in [0, 0.05) is 23.3 Å². The lowest BCUT2D eigenvalue weighted by Gasteiger charge is -2.11. The maximum Gasteiger partial charge on any atom is 0.345 e. The van der Waals surface area contributed by atoms with Crippen molar-refractivity contribution >= 4 is 16.9 Å². The number of fused-ring (bicyclic) bond motifs is 1. The number of ether oxygens (including phenoxy) is 1.